The van der Waals surface area contributed by atoms with Gasteiger partial charge < -0.3 is 59.2 Å². The van der Waals surface area contributed by atoms with E-state index in [0.717, 1.165) is 0 Å². The number of nitrogens with two attached hydrogens (primary N) is 4. The maximum absolute atomic E-state index is 13.3. The highest BCUT2D eigenvalue weighted by atomic mass is 16.4. The molecule has 44 heavy (non-hydrogen) atoms. The molecule has 0 aliphatic rings. The number of hydrogen-bond donors (Lipinski definition) is 10. The molecule has 17 nitrogen and oxygen atoms in total. The summed E-state index contributed by atoms with van der Waals surface area (Å²) in [4.78, 5) is 70.3. The average molecular weight is 621 g/mol. The van der Waals surface area contributed by atoms with E-state index < -0.39 is 53.9 Å². The number of phenols is 1. The fourth-order valence-corrected chi connectivity index (χ4v) is 3.95. The second-order valence-corrected chi connectivity index (χ2v) is 10.3. The third-order valence-electron chi connectivity index (χ3n) is 6.25. The first-order valence-electron chi connectivity index (χ1n) is 14.0. The highest BCUT2D eigenvalue weighted by Gasteiger charge is 2.30. The standard InChI is InChI=1S/C27H44N10O7/c1-15(2)21(23(41)34-17(14-38)5-3-11-32-25(28)29)37-22(40)19(6-4-12-33-26(30)31)35-27(44)36-20(24(42)43)13-16-7-9-18(39)10-8-16/h7-10,14-15,17,19-21,39H,3-6,11-13H2,1-2H3,(H,34,41)(H,37,40)(H,42,43)(H4,28,29,32)(H4,30,31,33)(H2,35,36,44)/t17-,19-,20-,21-/m0/s1. The van der Waals surface area contributed by atoms with Gasteiger partial charge in [0.15, 0.2) is 11.9 Å². The minimum atomic E-state index is -1.36. The minimum absolute atomic E-state index is 0.00110. The lowest BCUT2D eigenvalue weighted by molar-refractivity contribution is -0.139. The Labute approximate surface area is 255 Å². The minimum Gasteiger partial charge on any atom is -0.508 e. The molecule has 244 valence electrons. The first-order chi connectivity index (χ1) is 20.7. The summed E-state index contributed by atoms with van der Waals surface area (Å²) < 4.78 is 0. The highest BCUT2D eigenvalue weighted by molar-refractivity contribution is 5.93. The van der Waals surface area contributed by atoms with Gasteiger partial charge in [0.05, 0.1) is 6.04 Å². The second-order valence-electron chi connectivity index (χ2n) is 10.3. The zero-order valence-corrected chi connectivity index (χ0v) is 24.9. The van der Waals surface area contributed by atoms with Gasteiger partial charge in [-0.05, 0) is 49.3 Å². The number of carbonyl (C=O) groups excluding carboxylic acids is 4. The van der Waals surface area contributed by atoms with Crippen molar-refractivity contribution >= 4 is 42.0 Å². The summed E-state index contributed by atoms with van der Waals surface area (Å²) in [6, 6.07) is 0.374. The van der Waals surface area contributed by atoms with Gasteiger partial charge in [0.25, 0.3) is 0 Å². The van der Waals surface area contributed by atoms with Crippen molar-refractivity contribution in [1.82, 2.24) is 21.3 Å². The van der Waals surface area contributed by atoms with E-state index in [1.807, 2.05) is 0 Å². The number of carboxylic acid groups (broad SMARTS) is 1. The number of benzene rings is 1. The molecule has 0 aromatic heterocycles. The van der Waals surface area contributed by atoms with Gasteiger partial charge in [-0.1, -0.05) is 26.0 Å². The zero-order chi connectivity index (χ0) is 33.2. The molecule has 4 atom stereocenters. The molecule has 1 aromatic carbocycles. The number of aldehydes is 1. The molecule has 0 saturated carbocycles. The van der Waals surface area contributed by atoms with Crippen LogP contribution in [0.3, 0.4) is 0 Å². The predicted molar refractivity (Wildman–Crippen MR) is 163 cm³/mol. The van der Waals surface area contributed by atoms with Crippen molar-refractivity contribution < 1.29 is 34.2 Å². The highest BCUT2D eigenvalue weighted by Crippen LogP contribution is 2.12. The van der Waals surface area contributed by atoms with Crippen LogP contribution in [0.5, 0.6) is 5.75 Å². The summed E-state index contributed by atoms with van der Waals surface area (Å²) in [5.74, 6) is -3.32. The Bertz CT molecular complexity index is 1170. The molecule has 0 bridgehead atoms. The van der Waals surface area contributed by atoms with E-state index in [9.17, 15) is 34.2 Å². The number of guanidine groups is 2. The van der Waals surface area contributed by atoms with Crippen molar-refractivity contribution in [3.8, 4) is 5.75 Å². The van der Waals surface area contributed by atoms with Crippen LogP contribution in [0.2, 0.25) is 0 Å². The van der Waals surface area contributed by atoms with Gasteiger partial charge in [0.2, 0.25) is 11.8 Å². The number of phenolic OH excluding ortho intramolecular Hbond substituents is 1. The fourth-order valence-electron chi connectivity index (χ4n) is 3.95. The van der Waals surface area contributed by atoms with Gasteiger partial charge in [-0.3, -0.25) is 19.6 Å². The molecule has 0 aliphatic heterocycles. The van der Waals surface area contributed by atoms with Crippen LogP contribution in [0.1, 0.15) is 45.1 Å². The molecule has 1 rings (SSSR count). The van der Waals surface area contributed by atoms with Gasteiger partial charge in [-0.2, -0.15) is 0 Å². The van der Waals surface area contributed by atoms with Crippen LogP contribution in [0.4, 0.5) is 4.79 Å². The molecule has 0 radical (unpaired) electrons. The fraction of sp³-hybridized carbons (Fsp3) is 0.519. The van der Waals surface area contributed by atoms with Crippen LogP contribution in [0.15, 0.2) is 34.3 Å². The van der Waals surface area contributed by atoms with Crippen molar-refractivity contribution in [2.75, 3.05) is 13.1 Å². The maximum atomic E-state index is 13.3. The molecule has 0 unspecified atom stereocenters. The first-order valence-corrected chi connectivity index (χ1v) is 14.0. The van der Waals surface area contributed by atoms with Crippen molar-refractivity contribution in [2.45, 2.75) is 70.1 Å². The van der Waals surface area contributed by atoms with Crippen LogP contribution in [0, 0.1) is 5.92 Å². The number of hydrogen-bond acceptors (Lipinski definition) is 8. The number of aromatic hydroxyl groups is 1. The summed E-state index contributed by atoms with van der Waals surface area (Å²) in [5, 5.41) is 29.1. The van der Waals surface area contributed by atoms with Gasteiger partial charge in [0.1, 0.15) is 30.2 Å². The number of urea groups is 1. The van der Waals surface area contributed by atoms with E-state index in [1.165, 1.54) is 24.3 Å². The number of rotatable bonds is 19. The molecule has 0 saturated heterocycles. The quantitative estimate of drug-likeness (QED) is 0.0348. The average Bonchev–Trinajstić information content (AvgIpc) is 2.94. The lowest BCUT2D eigenvalue weighted by Gasteiger charge is -2.27. The van der Waals surface area contributed by atoms with Gasteiger partial charge in [-0.15, -0.1) is 0 Å². The summed E-state index contributed by atoms with van der Waals surface area (Å²) >= 11 is 0. The molecular weight excluding hydrogens is 576 g/mol. The van der Waals surface area contributed by atoms with E-state index >= 15 is 0 Å². The van der Waals surface area contributed by atoms with Crippen LogP contribution in [-0.4, -0.2) is 89.5 Å². The van der Waals surface area contributed by atoms with Crippen molar-refractivity contribution in [3.63, 3.8) is 0 Å². The van der Waals surface area contributed by atoms with Crippen LogP contribution < -0.4 is 44.2 Å². The molecule has 0 spiro atoms. The number of aliphatic imine (C=N–C) groups is 2. The van der Waals surface area contributed by atoms with Gasteiger partial charge in [-0.25, -0.2) is 9.59 Å². The van der Waals surface area contributed by atoms with E-state index in [2.05, 4.69) is 31.3 Å². The maximum Gasteiger partial charge on any atom is 0.326 e. The number of amides is 4. The Morgan fingerprint density at radius 2 is 1.36 bits per heavy atom. The smallest absolute Gasteiger partial charge is 0.326 e. The second kappa shape index (κ2) is 19.2. The number of carboxylic acids is 1. The summed E-state index contributed by atoms with van der Waals surface area (Å²) in [7, 11) is 0. The molecule has 0 heterocycles. The Hall–Kier alpha value is -5.09. The van der Waals surface area contributed by atoms with Crippen molar-refractivity contribution in [1.29, 1.82) is 0 Å². The molecule has 14 N–H and O–H groups in total. The van der Waals surface area contributed by atoms with Crippen LogP contribution in [0.25, 0.3) is 0 Å². The lowest BCUT2D eigenvalue weighted by Crippen LogP contribution is -2.58. The van der Waals surface area contributed by atoms with Crippen molar-refractivity contribution in [2.24, 2.45) is 38.8 Å². The normalized spacial score (nSPS) is 13.3. The van der Waals surface area contributed by atoms with E-state index in [-0.39, 0.29) is 56.4 Å². The van der Waals surface area contributed by atoms with E-state index in [0.29, 0.717) is 18.3 Å². The number of nitrogens with zero attached hydrogens (tertiary/aromatic N) is 2. The Balaban J connectivity index is 2.99. The molecule has 0 fully saturated rings. The van der Waals surface area contributed by atoms with Crippen molar-refractivity contribution in [3.05, 3.63) is 29.8 Å². The SMILES string of the molecule is CC(C)[C@H](NC(=O)[C@H](CCCN=C(N)N)NC(=O)N[C@@H](Cc1ccc(O)cc1)C(=O)O)C(=O)N[C@H](C=O)CCCN=C(N)N. The van der Waals surface area contributed by atoms with Gasteiger partial charge in [0, 0.05) is 19.5 Å². The predicted octanol–water partition coefficient (Wildman–Crippen LogP) is -2.01. The molecule has 4 amide bonds. The Morgan fingerprint density at radius 1 is 0.818 bits per heavy atom. The van der Waals surface area contributed by atoms with Crippen LogP contribution in [-0.2, 0) is 25.6 Å². The molecule has 17 heteroatoms. The monoisotopic (exact) mass is 620 g/mol. The summed E-state index contributed by atoms with van der Waals surface area (Å²) in [6.07, 6.45) is 1.45. The van der Waals surface area contributed by atoms with Crippen LogP contribution >= 0.6 is 0 Å². The first kappa shape index (κ1) is 36.9. The molecule has 1 aromatic rings. The third-order valence-corrected chi connectivity index (χ3v) is 6.25. The molecule has 0 aliphatic carbocycles. The molecular formula is C27H44N10O7. The summed E-state index contributed by atoms with van der Waals surface area (Å²) in [5.41, 5.74) is 21.8. The van der Waals surface area contributed by atoms with Gasteiger partial charge >= 0.3 is 12.0 Å². The Kier molecular flexibility index (Phi) is 16.1. The van der Waals surface area contributed by atoms with E-state index in [1.54, 1.807) is 13.8 Å². The number of nitrogens with one attached hydrogen (secondary N) is 4. The number of carbonyl (C=O) groups is 5. The zero-order valence-electron chi connectivity index (χ0n) is 24.9. The Morgan fingerprint density at radius 3 is 1.86 bits per heavy atom. The van der Waals surface area contributed by atoms with E-state index in [4.69, 9.17) is 22.9 Å². The number of aliphatic carboxylic acids is 1. The lowest BCUT2D eigenvalue weighted by atomic mass is 10.0. The third kappa shape index (κ3) is 14.7. The summed E-state index contributed by atoms with van der Waals surface area (Å²) in [6.45, 7) is 3.78. The topological polar surface area (TPSA) is 303 Å². The largest absolute Gasteiger partial charge is 0.508 e.